The number of nitrogens with zero attached hydrogens (tertiary/aromatic N) is 1. The van der Waals surface area contributed by atoms with E-state index < -0.39 is 12.1 Å². The highest BCUT2D eigenvalue weighted by atomic mass is 16.5. The van der Waals surface area contributed by atoms with E-state index >= 15 is 0 Å². The molecule has 5 nitrogen and oxygen atoms in total. The molecule has 0 aromatic carbocycles. The number of esters is 1. The van der Waals surface area contributed by atoms with Gasteiger partial charge in [-0.15, -0.1) is 0 Å². The van der Waals surface area contributed by atoms with Crippen molar-refractivity contribution in [1.29, 1.82) is 0 Å². The molecule has 3 atom stereocenters. The number of amides is 1. The van der Waals surface area contributed by atoms with E-state index in [0.29, 0.717) is 17.5 Å². The number of carbonyl (C=O) groups excluding carboxylic acids is 2. The predicted molar refractivity (Wildman–Crippen MR) is 96.6 cm³/mol. The Morgan fingerprint density at radius 1 is 1.20 bits per heavy atom. The first-order chi connectivity index (χ1) is 11.9. The van der Waals surface area contributed by atoms with Gasteiger partial charge < -0.3 is 14.6 Å². The molecule has 25 heavy (non-hydrogen) atoms. The summed E-state index contributed by atoms with van der Waals surface area (Å²) in [5.74, 6) is -0.111. The molecule has 2 aliphatic carbocycles. The Bertz CT molecular complexity index is 660. The van der Waals surface area contributed by atoms with Crippen molar-refractivity contribution in [2.75, 3.05) is 0 Å². The highest BCUT2D eigenvalue weighted by Crippen LogP contribution is 2.38. The minimum Gasteiger partial charge on any atom is -0.449 e. The SMILES string of the molecule is Cc1cc(C(=O)O[C@@H](C)C(=O)N[C@H]2CCCC[C@@H]2C)c(C)n1C1CC1. The van der Waals surface area contributed by atoms with Crippen molar-refractivity contribution in [3.05, 3.63) is 23.0 Å². The van der Waals surface area contributed by atoms with Crippen LogP contribution in [0.4, 0.5) is 0 Å². The van der Waals surface area contributed by atoms with Crippen LogP contribution in [-0.2, 0) is 9.53 Å². The lowest BCUT2D eigenvalue weighted by atomic mass is 9.86. The third-order valence-electron chi connectivity index (χ3n) is 5.71. The minimum atomic E-state index is -0.773. The summed E-state index contributed by atoms with van der Waals surface area (Å²) in [5.41, 5.74) is 2.61. The number of hydrogen-bond donors (Lipinski definition) is 1. The van der Waals surface area contributed by atoms with E-state index in [2.05, 4.69) is 16.8 Å². The first-order valence-electron chi connectivity index (χ1n) is 9.58. The van der Waals surface area contributed by atoms with Gasteiger partial charge >= 0.3 is 5.97 Å². The Hall–Kier alpha value is -1.78. The Morgan fingerprint density at radius 3 is 2.52 bits per heavy atom. The van der Waals surface area contributed by atoms with E-state index in [9.17, 15) is 9.59 Å². The van der Waals surface area contributed by atoms with Crippen LogP contribution < -0.4 is 5.32 Å². The molecule has 0 aliphatic heterocycles. The Balaban J connectivity index is 1.60. The van der Waals surface area contributed by atoms with Gasteiger partial charge in [0.05, 0.1) is 5.56 Å². The minimum absolute atomic E-state index is 0.192. The lowest BCUT2D eigenvalue weighted by Gasteiger charge is -2.30. The molecule has 2 aliphatic rings. The van der Waals surface area contributed by atoms with E-state index in [1.54, 1.807) is 6.92 Å². The highest BCUT2D eigenvalue weighted by Gasteiger charge is 2.30. The number of hydrogen-bond acceptors (Lipinski definition) is 3. The predicted octanol–water partition coefficient (Wildman–Crippen LogP) is 3.68. The number of aryl methyl sites for hydroxylation is 1. The smallest absolute Gasteiger partial charge is 0.340 e. The lowest BCUT2D eigenvalue weighted by molar-refractivity contribution is -0.130. The maximum absolute atomic E-state index is 12.5. The third kappa shape index (κ3) is 3.91. The first kappa shape index (κ1) is 18.0. The van der Waals surface area contributed by atoms with Gasteiger partial charge in [-0.25, -0.2) is 4.79 Å². The molecule has 138 valence electrons. The zero-order valence-electron chi connectivity index (χ0n) is 15.8. The average Bonchev–Trinajstić information content (AvgIpc) is 3.34. The summed E-state index contributed by atoms with van der Waals surface area (Å²) < 4.78 is 7.67. The van der Waals surface area contributed by atoms with Crippen LogP contribution in [0, 0.1) is 19.8 Å². The summed E-state index contributed by atoms with van der Waals surface area (Å²) in [6, 6.07) is 2.60. The van der Waals surface area contributed by atoms with Crippen molar-refractivity contribution in [2.24, 2.45) is 5.92 Å². The summed E-state index contributed by atoms with van der Waals surface area (Å²) in [6.45, 7) is 7.80. The van der Waals surface area contributed by atoms with Crippen molar-refractivity contribution >= 4 is 11.9 Å². The first-order valence-corrected chi connectivity index (χ1v) is 9.58. The van der Waals surface area contributed by atoms with Gasteiger partial charge in [0.1, 0.15) is 0 Å². The van der Waals surface area contributed by atoms with Gasteiger partial charge in [-0.1, -0.05) is 19.8 Å². The Kier molecular flexibility index (Phi) is 5.21. The van der Waals surface area contributed by atoms with Crippen LogP contribution in [0.3, 0.4) is 0 Å². The fourth-order valence-corrected chi connectivity index (χ4v) is 3.99. The second-order valence-corrected chi connectivity index (χ2v) is 7.81. The van der Waals surface area contributed by atoms with Crippen LogP contribution in [0.15, 0.2) is 6.07 Å². The molecule has 2 saturated carbocycles. The van der Waals surface area contributed by atoms with Crippen LogP contribution >= 0.6 is 0 Å². The molecular weight excluding hydrogens is 316 g/mol. The maximum Gasteiger partial charge on any atom is 0.340 e. The Morgan fingerprint density at radius 2 is 1.88 bits per heavy atom. The normalized spacial score (nSPS) is 24.6. The van der Waals surface area contributed by atoms with Crippen molar-refractivity contribution in [3.8, 4) is 0 Å². The van der Waals surface area contributed by atoms with Gasteiger partial charge in [-0.3, -0.25) is 4.79 Å². The fourth-order valence-electron chi connectivity index (χ4n) is 3.99. The summed E-state index contributed by atoms with van der Waals surface area (Å²) >= 11 is 0. The van der Waals surface area contributed by atoms with E-state index in [0.717, 1.165) is 30.7 Å². The summed E-state index contributed by atoms with van der Waals surface area (Å²) in [4.78, 5) is 24.9. The van der Waals surface area contributed by atoms with Crippen molar-refractivity contribution < 1.29 is 14.3 Å². The molecular formula is C20H30N2O3. The second kappa shape index (κ2) is 7.22. The highest BCUT2D eigenvalue weighted by molar-refractivity contribution is 5.93. The molecule has 3 rings (SSSR count). The van der Waals surface area contributed by atoms with E-state index in [-0.39, 0.29) is 11.9 Å². The average molecular weight is 346 g/mol. The van der Waals surface area contributed by atoms with Gasteiger partial charge in [0.15, 0.2) is 6.10 Å². The van der Waals surface area contributed by atoms with E-state index in [1.165, 1.54) is 19.3 Å². The number of rotatable bonds is 5. The largest absolute Gasteiger partial charge is 0.449 e. The fraction of sp³-hybridized carbons (Fsp3) is 0.700. The van der Waals surface area contributed by atoms with Gasteiger partial charge in [-0.2, -0.15) is 0 Å². The molecule has 1 amide bonds. The molecule has 1 N–H and O–H groups in total. The Labute approximate surface area is 150 Å². The monoisotopic (exact) mass is 346 g/mol. The van der Waals surface area contributed by atoms with Crippen LogP contribution in [0.2, 0.25) is 0 Å². The quantitative estimate of drug-likeness (QED) is 0.827. The molecule has 1 heterocycles. The van der Waals surface area contributed by atoms with Gasteiger partial charge in [0.2, 0.25) is 0 Å². The number of ether oxygens (including phenoxy) is 1. The number of carbonyl (C=O) groups is 2. The third-order valence-corrected chi connectivity index (χ3v) is 5.71. The standard InChI is InChI=1S/C20H30N2O3/c1-12-7-5-6-8-18(12)21-19(23)15(4)25-20(24)17-11-13(2)22(14(17)3)16-9-10-16/h11-12,15-16,18H,5-10H2,1-4H3,(H,21,23)/t12-,15-,18-/m0/s1. The van der Waals surface area contributed by atoms with Crippen LogP contribution in [-0.4, -0.2) is 28.6 Å². The van der Waals surface area contributed by atoms with Crippen molar-refractivity contribution in [1.82, 2.24) is 9.88 Å². The van der Waals surface area contributed by atoms with Gasteiger partial charge in [0, 0.05) is 23.5 Å². The van der Waals surface area contributed by atoms with Crippen LogP contribution in [0.1, 0.15) is 80.2 Å². The molecule has 1 aromatic rings. The van der Waals surface area contributed by atoms with E-state index in [1.807, 2.05) is 19.9 Å². The maximum atomic E-state index is 12.5. The molecule has 0 unspecified atom stereocenters. The summed E-state index contributed by atoms with van der Waals surface area (Å²) in [5, 5.41) is 3.06. The lowest BCUT2D eigenvalue weighted by Crippen LogP contribution is -2.46. The molecule has 0 bridgehead atoms. The molecule has 5 heteroatoms. The molecule has 1 aromatic heterocycles. The van der Waals surface area contributed by atoms with Gasteiger partial charge in [0.25, 0.3) is 5.91 Å². The van der Waals surface area contributed by atoms with E-state index in [4.69, 9.17) is 4.74 Å². The van der Waals surface area contributed by atoms with Crippen LogP contribution in [0.25, 0.3) is 0 Å². The number of nitrogens with one attached hydrogen (secondary N) is 1. The summed E-state index contributed by atoms with van der Waals surface area (Å²) in [6.07, 6.45) is 6.10. The molecule has 0 saturated heterocycles. The molecule has 0 radical (unpaired) electrons. The van der Waals surface area contributed by atoms with Crippen LogP contribution in [0.5, 0.6) is 0 Å². The zero-order chi connectivity index (χ0) is 18.1. The summed E-state index contributed by atoms with van der Waals surface area (Å²) in [7, 11) is 0. The topological polar surface area (TPSA) is 60.3 Å². The van der Waals surface area contributed by atoms with Crippen molar-refractivity contribution in [2.45, 2.75) is 84.4 Å². The van der Waals surface area contributed by atoms with Gasteiger partial charge in [-0.05, 0) is 58.4 Å². The molecule has 2 fully saturated rings. The second-order valence-electron chi connectivity index (χ2n) is 7.81. The zero-order valence-corrected chi connectivity index (χ0v) is 15.8. The number of aromatic nitrogens is 1. The van der Waals surface area contributed by atoms with Crippen molar-refractivity contribution in [3.63, 3.8) is 0 Å². The molecule has 0 spiro atoms.